The summed E-state index contributed by atoms with van der Waals surface area (Å²) in [7, 11) is 0. The summed E-state index contributed by atoms with van der Waals surface area (Å²) in [6.07, 6.45) is 3.58. The summed E-state index contributed by atoms with van der Waals surface area (Å²) in [4.78, 5) is 21.1. The van der Waals surface area contributed by atoms with Crippen LogP contribution in [-0.2, 0) is 18.3 Å². The number of thiazole rings is 1. The number of pyridine rings is 1. The number of carbonyl (C=O) groups excluding carboxylic acids is 1. The van der Waals surface area contributed by atoms with Crippen molar-refractivity contribution in [3.8, 4) is 0 Å². The zero-order valence-corrected chi connectivity index (χ0v) is 11.0. The van der Waals surface area contributed by atoms with E-state index < -0.39 is 5.91 Å². The molecule has 3 N–H and O–H groups in total. The van der Waals surface area contributed by atoms with Crippen LogP contribution in [-0.4, -0.2) is 22.4 Å². The van der Waals surface area contributed by atoms with Crippen LogP contribution >= 0.6 is 11.3 Å². The summed E-state index contributed by atoms with van der Waals surface area (Å²) in [6.45, 7) is 0.883. The first-order valence-electron chi connectivity index (χ1n) is 6.16. The average molecular weight is 272 g/mol. The zero-order valence-electron chi connectivity index (χ0n) is 10.1. The number of amides is 1. The van der Waals surface area contributed by atoms with Gasteiger partial charge in [-0.05, 0) is 12.5 Å². The second-order valence-electron chi connectivity index (χ2n) is 5.14. The van der Waals surface area contributed by atoms with Gasteiger partial charge in [-0.3, -0.25) is 4.79 Å². The van der Waals surface area contributed by atoms with Gasteiger partial charge in [-0.1, -0.05) is 6.07 Å². The topological polar surface area (TPSA) is 80.9 Å². The minimum absolute atomic E-state index is 0.0634. The molecule has 0 aromatic carbocycles. The van der Waals surface area contributed by atoms with Gasteiger partial charge in [0.2, 0.25) is 0 Å². The van der Waals surface area contributed by atoms with Crippen molar-refractivity contribution in [2.75, 3.05) is 11.9 Å². The minimum Gasteiger partial charge on any atom is -0.369 e. The van der Waals surface area contributed by atoms with E-state index in [0.717, 1.165) is 30.9 Å². The van der Waals surface area contributed by atoms with Crippen LogP contribution in [0.5, 0.6) is 0 Å². The van der Waals surface area contributed by atoms with Crippen molar-refractivity contribution in [3.05, 3.63) is 39.5 Å². The summed E-state index contributed by atoms with van der Waals surface area (Å²) in [5, 5.41) is 3.80. The van der Waals surface area contributed by atoms with E-state index in [0.29, 0.717) is 5.01 Å². The predicted molar refractivity (Wildman–Crippen MR) is 72.4 cm³/mol. The van der Waals surface area contributed by atoms with Gasteiger partial charge >= 0.3 is 0 Å². The van der Waals surface area contributed by atoms with Crippen molar-refractivity contribution in [1.82, 2.24) is 9.97 Å². The van der Waals surface area contributed by atoms with Gasteiger partial charge in [-0.25, -0.2) is 9.97 Å². The van der Waals surface area contributed by atoms with E-state index in [1.807, 2.05) is 6.07 Å². The Kier molecular flexibility index (Phi) is 2.04. The van der Waals surface area contributed by atoms with Crippen LogP contribution in [0.2, 0.25) is 0 Å². The Hall–Kier alpha value is -1.95. The first kappa shape index (κ1) is 10.9. The molecule has 1 aliphatic carbocycles. The van der Waals surface area contributed by atoms with Crippen LogP contribution in [0.25, 0.3) is 0 Å². The minimum atomic E-state index is -0.430. The lowest BCUT2D eigenvalue weighted by molar-refractivity contribution is 0.0999. The van der Waals surface area contributed by atoms with Crippen molar-refractivity contribution < 1.29 is 4.79 Å². The third-order valence-corrected chi connectivity index (χ3v) is 5.08. The molecule has 4 rings (SSSR count). The molecule has 2 aromatic rings. The summed E-state index contributed by atoms with van der Waals surface area (Å²) in [5.41, 5.74) is 7.64. The predicted octanol–water partition coefficient (Wildman–Crippen LogP) is 1.10. The molecule has 1 spiro atoms. The van der Waals surface area contributed by atoms with Crippen molar-refractivity contribution in [2.24, 2.45) is 5.73 Å². The van der Waals surface area contributed by atoms with Crippen LogP contribution in [0.15, 0.2) is 18.3 Å². The lowest BCUT2D eigenvalue weighted by Gasteiger charge is -2.22. The molecular formula is C13H12N4OS. The van der Waals surface area contributed by atoms with E-state index in [1.165, 1.54) is 21.8 Å². The fourth-order valence-electron chi connectivity index (χ4n) is 3.09. The highest BCUT2D eigenvalue weighted by Crippen LogP contribution is 2.46. The lowest BCUT2D eigenvalue weighted by Crippen LogP contribution is -2.29. The van der Waals surface area contributed by atoms with Crippen molar-refractivity contribution in [2.45, 2.75) is 18.3 Å². The molecule has 6 heteroatoms. The molecule has 19 heavy (non-hydrogen) atoms. The molecule has 0 saturated carbocycles. The standard InChI is InChI=1S/C13H12N4OS/c14-10(18)12-17-8-4-13(5-9(8)19-12)6-16-11-7(13)2-1-3-15-11/h1-3H,4-6H2,(H2,14,18)(H,15,16). The Morgan fingerprint density at radius 3 is 3.16 bits per heavy atom. The number of primary amides is 1. The summed E-state index contributed by atoms with van der Waals surface area (Å²) < 4.78 is 0. The number of nitrogens with two attached hydrogens (primary N) is 1. The van der Waals surface area contributed by atoms with Crippen LogP contribution in [0.3, 0.4) is 0 Å². The Morgan fingerprint density at radius 1 is 1.47 bits per heavy atom. The average Bonchev–Trinajstić information content (AvgIpc) is 3.03. The maximum absolute atomic E-state index is 11.2. The quantitative estimate of drug-likeness (QED) is 0.814. The summed E-state index contributed by atoms with van der Waals surface area (Å²) in [6, 6.07) is 4.11. The molecule has 1 amide bonds. The third kappa shape index (κ3) is 1.43. The third-order valence-electron chi connectivity index (χ3n) is 3.97. The van der Waals surface area contributed by atoms with Gasteiger partial charge < -0.3 is 11.1 Å². The maximum Gasteiger partial charge on any atom is 0.277 e. The van der Waals surface area contributed by atoms with Gasteiger partial charge in [0.25, 0.3) is 5.91 Å². The molecule has 0 saturated heterocycles. The van der Waals surface area contributed by atoms with E-state index in [4.69, 9.17) is 5.73 Å². The van der Waals surface area contributed by atoms with Gasteiger partial charge in [-0.15, -0.1) is 11.3 Å². The number of hydrogen-bond donors (Lipinski definition) is 2. The summed E-state index contributed by atoms with van der Waals surface area (Å²) >= 11 is 1.43. The number of rotatable bonds is 1. The highest BCUT2D eigenvalue weighted by atomic mass is 32.1. The van der Waals surface area contributed by atoms with Gasteiger partial charge in [-0.2, -0.15) is 0 Å². The first-order chi connectivity index (χ1) is 9.18. The van der Waals surface area contributed by atoms with E-state index >= 15 is 0 Å². The number of aromatic nitrogens is 2. The van der Waals surface area contributed by atoms with Crippen LogP contribution in [0.1, 0.15) is 25.9 Å². The molecule has 2 aliphatic rings. The van der Waals surface area contributed by atoms with Gasteiger partial charge in [0.1, 0.15) is 5.82 Å². The Balaban J connectivity index is 1.75. The fraction of sp³-hybridized carbons (Fsp3) is 0.308. The highest BCUT2D eigenvalue weighted by Gasteiger charge is 2.46. The molecular weight excluding hydrogens is 260 g/mol. The van der Waals surface area contributed by atoms with Crippen LogP contribution < -0.4 is 11.1 Å². The second kappa shape index (κ2) is 3.54. The fourth-order valence-corrected chi connectivity index (χ4v) is 4.17. The number of fused-ring (bicyclic) bond motifs is 3. The van der Waals surface area contributed by atoms with E-state index in [9.17, 15) is 4.79 Å². The molecule has 0 radical (unpaired) electrons. The van der Waals surface area contributed by atoms with Gasteiger partial charge in [0.05, 0.1) is 5.69 Å². The number of nitrogens with one attached hydrogen (secondary N) is 1. The number of carbonyl (C=O) groups is 1. The number of anilines is 1. The largest absolute Gasteiger partial charge is 0.369 e. The zero-order chi connectivity index (χ0) is 13.0. The SMILES string of the molecule is NC(=O)c1nc2c(s1)CC1(CNc3ncccc31)C2. The number of nitrogens with zero attached hydrogens (tertiary/aromatic N) is 2. The van der Waals surface area contributed by atoms with Crippen LogP contribution in [0, 0.1) is 0 Å². The normalized spacial score (nSPS) is 23.2. The first-order valence-corrected chi connectivity index (χ1v) is 6.97. The Bertz CT molecular complexity index is 670. The lowest BCUT2D eigenvalue weighted by atomic mass is 9.81. The van der Waals surface area contributed by atoms with Crippen molar-refractivity contribution >= 4 is 23.1 Å². The monoisotopic (exact) mass is 272 g/mol. The molecule has 0 fully saturated rings. The molecule has 96 valence electrons. The molecule has 5 nitrogen and oxygen atoms in total. The van der Waals surface area contributed by atoms with E-state index in [2.05, 4.69) is 21.4 Å². The molecule has 2 aromatic heterocycles. The highest BCUT2D eigenvalue weighted by molar-refractivity contribution is 7.13. The van der Waals surface area contributed by atoms with E-state index in [1.54, 1.807) is 6.20 Å². The van der Waals surface area contributed by atoms with Gasteiger partial charge in [0, 0.05) is 35.0 Å². The Labute approximate surface area is 113 Å². The Morgan fingerprint density at radius 2 is 2.37 bits per heavy atom. The number of hydrogen-bond acceptors (Lipinski definition) is 5. The van der Waals surface area contributed by atoms with Crippen molar-refractivity contribution in [1.29, 1.82) is 0 Å². The smallest absolute Gasteiger partial charge is 0.277 e. The molecule has 1 atom stereocenters. The summed E-state index contributed by atoms with van der Waals surface area (Å²) in [5.74, 6) is 0.549. The molecule has 1 unspecified atom stereocenters. The molecule has 1 aliphatic heterocycles. The van der Waals surface area contributed by atoms with Gasteiger partial charge in [0.15, 0.2) is 5.01 Å². The van der Waals surface area contributed by atoms with Crippen LogP contribution in [0.4, 0.5) is 5.82 Å². The maximum atomic E-state index is 11.2. The van der Waals surface area contributed by atoms with Crippen molar-refractivity contribution in [3.63, 3.8) is 0 Å². The second-order valence-corrected chi connectivity index (χ2v) is 6.22. The molecule has 0 bridgehead atoms. The van der Waals surface area contributed by atoms with E-state index in [-0.39, 0.29) is 5.41 Å². The molecule has 3 heterocycles.